The summed E-state index contributed by atoms with van der Waals surface area (Å²) >= 11 is 1.19. The van der Waals surface area contributed by atoms with Crippen LogP contribution in [0.5, 0.6) is 23.0 Å². The molecule has 5 aromatic rings. The van der Waals surface area contributed by atoms with Gasteiger partial charge in [-0.2, -0.15) is 5.10 Å². The zero-order chi connectivity index (χ0) is 35.5. The molecule has 0 bridgehead atoms. The number of thiazole rings is 1. The molecule has 12 nitrogen and oxygen atoms in total. The maximum absolute atomic E-state index is 14.5. The van der Waals surface area contributed by atoms with E-state index in [1.165, 1.54) is 29.9 Å². The number of nitrogens with zero attached hydrogens (tertiary/aromatic N) is 4. The molecule has 0 aliphatic carbocycles. The number of rotatable bonds is 10. The Bertz CT molecular complexity index is 2320. The highest BCUT2D eigenvalue weighted by Gasteiger charge is 2.34. The van der Waals surface area contributed by atoms with Gasteiger partial charge in [0.2, 0.25) is 0 Å². The minimum absolute atomic E-state index is 0.131. The summed E-state index contributed by atoms with van der Waals surface area (Å²) in [6.45, 7) is 4.84. The lowest BCUT2D eigenvalue weighted by Crippen LogP contribution is -2.40. The van der Waals surface area contributed by atoms with Crippen molar-refractivity contribution in [3.63, 3.8) is 0 Å². The van der Waals surface area contributed by atoms with Gasteiger partial charge in [0.15, 0.2) is 27.8 Å². The number of para-hydroxylation sites is 1. The standard InChI is InChI=1S/C37H34N4O8S/c1-7-48-36(44)32-21(2)38-37-41(34(32)24-14-16-28(49-22(3)42)30(18-24)47-6)35(43)31(50-37)19-25-20-40(26-11-9-8-10-12-26)39-33(25)23-13-15-27(45-4)29(17-23)46-5/h8-20,34H,7H2,1-6H3/b31-19-/t34-/m1/s1. The molecule has 2 aromatic heterocycles. The molecule has 0 saturated heterocycles. The number of hydrogen-bond donors (Lipinski definition) is 0. The first-order valence-corrected chi connectivity index (χ1v) is 16.4. The van der Waals surface area contributed by atoms with E-state index in [-0.39, 0.29) is 29.2 Å². The molecule has 256 valence electrons. The number of ether oxygens (including phenoxy) is 5. The Morgan fingerprint density at radius 2 is 1.62 bits per heavy atom. The second-order valence-corrected chi connectivity index (χ2v) is 12.1. The van der Waals surface area contributed by atoms with Gasteiger partial charge in [0, 0.05) is 24.2 Å². The highest BCUT2D eigenvalue weighted by Crippen LogP contribution is 2.37. The van der Waals surface area contributed by atoms with Crippen molar-refractivity contribution >= 4 is 29.4 Å². The number of methoxy groups -OCH3 is 3. The summed E-state index contributed by atoms with van der Waals surface area (Å²) in [4.78, 5) is 44.7. The van der Waals surface area contributed by atoms with Crippen molar-refractivity contribution in [2.45, 2.75) is 26.8 Å². The Hall–Kier alpha value is -5.95. The Labute approximate surface area is 291 Å². The van der Waals surface area contributed by atoms with Crippen molar-refractivity contribution in [3.05, 3.63) is 115 Å². The monoisotopic (exact) mass is 694 g/mol. The van der Waals surface area contributed by atoms with Gasteiger partial charge in [0.05, 0.1) is 55.5 Å². The van der Waals surface area contributed by atoms with Crippen LogP contribution in [-0.2, 0) is 14.3 Å². The van der Waals surface area contributed by atoms with E-state index in [0.717, 1.165) is 11.3 Å². The van der Waals surface area contributed by atoms with Gasteiger partial charge in [-0.15, -0.1) is 0 Å². The molecule has 0 spiro atoms. The first kappa shape index (κ1) is 33.9. The highest BCUT2D eigenvalue weighted by atomic mass is 32.1. The van der Waals surface area contributed by atoms with E-state index in [4.69, 9.17) is 33.8 Å². The van der Waals surface area contributed by atoms with Gasteiger partial charge in [0.25, 0.3) is 5.56 Å². The van der Waals surface area contributed by atoms with Crippen LogP contribution in [0.2, 0.25) is 0 Å². The minimum atomic E-state index is -0.912. The summed E-state index contributed by atoms with van der Waals surface area (Å²) in [5.74, 6) is 0.435. The van der Waals surface area contributed by atoms with Gasteiger partial charge in [-0.25, -0.2) is 14.5 Å². The molecule has 0 unspecified atom stereocenters. The molecule has 0 radical (unpaired) electrons. The Morgan fingerprint density at radius 3 is 2.30 bits per heavy atom. The van der Waals surface area contributed by atoms with Crippen LogP contribution in [0.1, 0.15) is 37.9 Å². The third-order valence-electron chi connectivity index (χ3n) is 7.98. The van der Waals surface area contributed by atoms with Crippen molar-refractivity contribution in [1.82, 2.24) is 14.3 Å². The molecule has 1 aliphatic rings. The molecule has 1 atom stereocenters. The number of carbonyl (C=O) groups excluding carboxylic acids is 2. The summed E-state index contributed by atoms with van der Waals surface area (Å²) in [5, 5.41) is 4.91. The first-order chi connectivity index (χ1) is 24.2. The number of hydrogen-bond acceptors (Lipinski definition) is 11. The van der Waals surface area contributed by atoms with Gasteiger partial charge >= 0.3 is 11.9 Å². The van der Waals surface area contributed by atoms with E-state index < -0.39 is 18.0 Å². The SMILES string of the molecule is CCOC(=O)C1=C(C)N=c2s/c(=C\c3cn(-c4ccccc4)nc3-c3ccc(OC)c(OC)c3)c(=O)n2[C@@H]1c1ccc(OC(C)=O)c(OC)c1. The normalized spacial score (nSPS) is 14.1. The number of carbonyl (C=O) groups is 2. The van der Waals surface area contributed by atoms with Crippen LogP contribution in [0, 0.1) is 0 Å². The fourth-order valence-corrected chi connectivity index (χ4v) is 6.79. The van der Waals surface area contributed by atoms with Crippen LogP contribution in [0.3, 0.4) is 0 Å². The van der Waals surface area contributed by atoms with E-state index in [0.29, 0.717) is 43.4 Å². The molecule has 3 heterocycles. The van der Waals surface area contributed by atoms with Crippen LogP contribution in [-0.4, -0.2) is 54.2 Å². The number of fused-ring (bicyclic) bond motifs is 1. The lowest BCUT2D eigenvalue weighted by atomic mass is 9.95. The van der Waals surface area contributed by atoms with Crippen molar-refractivity contribution in [2.75, 3.05) is 27.9 Å². The van der Waals surface area contributed by atoms with Gasteiger partial charge in [-0.3, -0.25) is 14.2 Å². The molecule has 0 fully saturated rings. The quantitative estimate of drug-likeness (QED) is 0.152. The molecule has 3 aromatic carbocycles. The Kier molecular flexibility index (Phi) is 9.68. The van der Waals surface area contributed by atoms with E-state index in [9.17, 15) is 14.4 Å². The van der Waals surface area contributed by atoms with Crippen molar-refractivity contribution in [2.24, 2.45) is 4.99 Å². The smallest absolute Gasteiger partial charge is 0.338 e. The second kappa shape index (κ2) is 14.3. The molecule has 0 amide bonds. The number of aromatic nitrogens is 3. The lowest BCUT2D eigenvalue weighted by molar-refractivity contribution is -0.139. The summed E-state index contributed by atoms with van der Waals surface area (Å²) in [7, 11) is 4.57. The molecule has 6 rings (SSSR count). The maximum Gasteiger partial charge on any atom is 0.338 e. The second-order valence-electron chi connectivity index (χ2n) is 11.1. The van der Waals surface area contributed by atoms with Crippen LogP contribution < -0.4 is 33.8 Å². The largest absolute Gasteiger partial charge is 0.493 e. The van der Waals surface area contributed by atoms with E-state index in [1.54, 1.807) is 63.1 Å². The zero-order valence-electron chi connectivity index (χ0n) is 28.3. The molecule has 1 aliphatic heterocycles. The van der Waals surface area contributed by atoms with Crippen molar-refractivity contribution in [3.8, 4) is 39.9 Å². The lowest BCUT2D eigenvalue weighted by Gasteiger charge is -2.25. The van der Waals surface area contributed by atoms with E-state index >= 15 is 0 Å². The third kappa shape index (κ3) is 6.42. The topological polar surface area (TPSA) is 132 Å². The zero-order valence-corrected chi connectivity index (χ0v) is 29.1. The van der Waals surface area contributed by atoms with Crippen LogP contribution in [0.4, 0.5) is 0 Å². The van der Waals surface area contributed by atoms with Gasteiger partial charge in [-0.05, 0) is 68.0 Å². The van der Waals surface area contributed by atoms with Gasteiger partial charge in [-0.1, -0.05) is 35.6 Å². The summed E-state index contributed by atoms with van der Waals surface area (Å²) in [6, 6.07) is 19.1. The van der Waals surface area contributed by atoms with E-state index in [2.05, 4.69) is 0 Å². The van der Waals surface area contributed by atoms with Crippen molar-refractivity contribution in [1.29, 1.82) is 0 Å². The summed E-state index contributed by atoms with van der Waals surface area (Å²) in [5.41, 5.74) is 3.62. The van der Waals surface area contributed by atoms with Crippen LogP contribution in [0.15, 0.2) is 94.0 Å². The summed E-state index contributed by atoms with van der Waals surface area (Å²) in [6.07, 6.45) is 3.62. The average molecular weight is 695 g/mol. The molecular weight excluding hydrogens is 660 g/mol. The van der Waals surface area contributed by atoms with Crippen LogP contribution in [0.25, 0.3) is 23.0 Å². The molecule has 0 saturated carbocycles. The predicted octanol–water partition coefficient (Wildman–Crippen LogP) is 4.60. The third-order valence-corrected chi connectivity index (χ3v) is 8.96. The highest BCUT2D eigenvalue weighted by molar-refractivity contribution is 7.07. The van der Waals surface area contributed by atoms with Crippen LogP contribution >= 0.6 is 11.3 Å². The van der Waals surface area contributed by atoms with E-state index in [1.807, 2.05) is 48.7 Å². The minimum Gasteiger partial charge on any atom is -0.493 e. The number of esters is 2. The predicted molar refractivity (Wildman–Crippen MR) is 187 cm³/mol. The fourth-order valence-electron chi connectivity index (χ4n) is 5.76. The Balaban J connectivity index is 1.56. The van der Waals surface area contributed by atoms with Gasteiger partial charge < -0.3 is 23.7 Å². The summed E-state index contributed by atoms with van der Waals surface area (Å²) < 4.78 is 30.9. The molecule has 50 heavy (non-hydrogen) atoms. The average Bonchev–Trinajstić information content (AvgIpc) is 3.68. The maximum atomic E-state index is 14.5. The number of benzene rings is 3. The molecule has 13 heteroatoms. The fraction of sp³-hybridized carbons (Fsp3) is 0.216. The number of allylic oxidation sites excluding steroid dienone is 1. The molecule has 0 N–H and O–H groups in total. The van der Waals surface area contributed by atoms with Gasteiger partial charge in [0.1, 0.15) is 5.69 Å². The Morgan fingerprint density at radius 1 is 0.920 bits per heavy atom. The van der Waals surface area contributed by atoms with Crippen molar-refractivity contribution < 1.29 is 33.3 Å². The first-order valence-electron chi connectivity index (χ1n) is 15.6. The molecular formula is C37H34N4O8S.